The monoisotopic (exact) mass is 505 g/mol. The summed E-state index contributed by atoms with van der Waals surface area (Å²) in [5.74, 6) is 0.253. The number of aromatic nitrogens is 2. The van der Waals surface area contributed by atoms with Crippen molar-refractivity contribution in [3.63, 3.8) is 0 Å². The highest BCUT2D eigenvalue weighted by Crippen LogP contribution is 2.44. The number of hydrogen-bond acceptors (Lipinski definition) is 4. The molecule has 4 aromatic rings. The van der Waals surface area contributed by atoms with Gasteiger partial charge in [0.2, 0.25) is 10.0 Å². The van der Waals surface area contributed by atoms with E-state index in [1.165, 1.54) is 12.1 Å². The van der Waals surface area contributed by atoms with Gasteiger partial charge in [0.25, 0.3) is 0 Å². The van der Waals surface area contributed by atoms with Gasteiger partial charge in [0.15, 0.2) is 0 Å². The first kappa shape index (κ1) is 24.1. The van der Waals surface area contributed by atoms with Crippen LogP contribution in [0, 0.1) is 5.82 Å². The van der Waals surface area contributed by atoms with Gasteiger partial charge in [-0.05, 0) is 90.6 Å². The Bertz CT molecular complexity index is 1620. The van der Waals surface area contributed by atoms with E-state index in [0.717, 1.165) is 45.0 Å². The van der Waals surface area contributed by atoms with Crippen LogP contribution in [0.5, 0.6) is 5.75 Å². The van der Waals surface area contributed by atoms with Gasteiger partial charge < -0.3 is 4.74 Å². The zero-order chi connectivity index (χ0) is 25.6. The van der Waals surface area contributed by atoms with E-state index in [9.17, 15) is 12.8 Å². The number of nitrogens with zero attached hydrogens (tertiary/aromatic N) is 2. The summed E-state index contributed by atoms with van der Waals surface area (Å²) in [4.78, 5) is 0. The van der Waals surface area contributed by atoms with Crippen LogP contribution >= 0.6 is 0 Å². The van der Waals surface area contributed by atoms with Crippen LogP contribution in [0.2, 0.25) is 0 Å². The molecule has 0 unspecified atom stereocenters. The summed E-state index contributed by atoms with van der Waals surface area (Å²) >= 11 is 0. The Morgan fingerprint density at radius 2 is 1.94 bits per heavy atom. The normalized spacial score (nSPS) is 14.7. The quantitative estimate of drug-likeness (QED) is 0.341. The van der Waals surface area contributed by atoms with Crippen LogP contribution in [-0.2, 0) is 16.6 Å². The molecular formula is C28H28FN3O3S. The molecule has 36 heavy (non-hydrogen) atoms. The Morgan fingerprint density at radius 3 is 2.67 bits per heavy atom. The Kier molecular flexibility index (Phi) is 6.08. The fourth-order valence-corrected chi connectivity index (χ4v) is 5.41. The van der Waals surface area contributed by atoms with Crippen LogP contribution < -0.4 is 9.46 Å². The van der Waals surface area contributed by atoms with Crippen molar-refractivity contribution in [3.8, 4) is 5.75 Å². The molecule has 0 amide bonds. The minimum Gasteiger partial charge on any atom is -0.488 e. The van der Waals surface area contributed by atoms with E-state index in [4.69, 9.17) is 4.74 Å². The predicted octanol–water partition coefficient (Wildman–Crippen LogP) is 6.39. The van der Waals surface area contributed by atoms with Gasteiger partial charge in [-0.2, -0.15) is 5.10 Å². The summed E-state index contributed by atoms with van der Waals surface area (Å²) in [5, 5.41) is 5.57. The van der Waals surface area contributed by atoms with E-state index in [0.29, 0.717) is 30.0 Å². The highest BCUT2D eigenvalue weighted by atomic mass is 32.2. The van der Waals surface area contributed by atoms with Crippen molar-refractivity contribution in [1.29, 1.82) is 0 Å². The molecule has 6 nitrogen and oxygen atoms in total. The van der Waals surface area contributed by atoms with Gasteiger partial charge in [0.05, 0.1) is 18.0 Å². The number of nitrogens with one attached hydrogen (secondary N) is 1. The average Bonchev–Trinajstić information content (AvgIpc) is 3.16. The number of hydrogen-bond donors (Lipinski definition) is 1. The predicted molar refractivity (Wildman–Crippen MR) is 142 cm³/mol. The van der Waals surface area contributed by atoms with Crippen LogP contribution in [0.25, 0.3) is 22.0 Å². The molecule has 0 saturated carbocycles. The lowest BCUT2D eigenvalue weighted by Gasteiger charge is -2.18. The van der Waals surface area contributed by atoms with Crippen molar-refractivity contribution in [1.82, 2.24) is 9.78 Å². The first-order valence-electron chi connectivity index (χ1n) is 11.9. The maximum Gasteiger partial charge on any atom is 0.229 e. The lowest BCUT2D eigenvalue weighted by molar-refractivity contribution is 0.307. The molecule has 1 aliphatic rings. The summed E-state index contributed by atoms with van der Waals surface area (Å²) < 4.78 is 49.0. The van der Waals surface area contributed by atoms with Gasteiger partial charge in [-0.3, -0.25) is 9.40 Å². The summed E-state index contributed by atoms with van der Waals surface area (Å²) in [7, 11) is -3.43. The molecule has 1 aliphatic heterocycles. The van der Waals surface area contributed by atoms with Crippen LogP contribution in [0.15, 0.2) is 60.8 Å². The Labute approximate surface area is 210 Å². The molecule has 1 aromatic heterocycles. The lowest BCUT2D eigenvalue weighted by atomic mass is 9.85. The molecule has 2 heterocycles. The van der Waals surface area contributed by atoms with Gasteiger partial charge in [0, 0.05) is 22.7 Å². The molecule has 0 spiro atoms. The third kappa shape index (κ3) is 4.48. The van der Waals surface area contributed by atoms with Crippen molar-refractivity contribution in [2.24, 2.45) is 0 Å². The summed E-state index contributed by atoms with van der Waals surface area (Å²) in [6.45, 7) is 6.55. The molecule has 8 heteroatoms. The molecule has 186 valence electrons. The molecule has 0 radical (unpaired) electrons. The molecule has 1 N–H and O–H groups in total. The third-order valence-corrected chi connectivity index (χ3v) is 6.95. The molecule has 0 bridgehead atoms. The molecule has 0 atom stereocenters. The second-order valence-corrected chi connectivity index (χ2v) is 11.1. The van der Waals surface area contributed by atoms with Crippen molar-refractivity contribution in [2.45, 2.75) is 39.8 Å². The molecular weight excluding hydrogens is 477 g/mol. The van der Waals surface area contributed by atoms with Crippen molar-refractivity contribution < 1.29 is 17.5 Å². The van der Waals surface area contributed by atoms with E-state index < -0.39 is 10.0 Å². The minimum atomic E-state index is -3.43. The van der Waals surface area contributed by atoms with Crippen LogP contribution in [0.4, 0.5) is 10.1 Å². The average molecular weight is 506 g/mol. The van der Waals surface area contributed by atoms with Gasteiger partial charge >= 0.3 is 0 Å². The van der Waals surface area contributed by atoms with Gasteiger partial charge in [-0.1, -0.05) is 19.1 Å². The van der Waals surface area contributed by atoms with Gasteiger partial charge in [0.1, 0.15) is 18.2 Å². The number of benzene rings is 3. The maximum atomic E-state index is 14.6. The fourth-order valence-electron chi connectivity index (χ4n) is 4.86. The Hall–Kier alpha value is -3.65. The van der Waals surface area contributed by atoms with Crippen molar-refractivity contribution in [2.75, 3.05) is 11.0 Å². The largest absolute Gasteiger partial charge is 0.488 e. The summed E-state index contributed by atoms with van der Waals surface area (Å²) in [5.41, 5.74) is 6.77. The Morgan fingerprint density at radius 1 is 1.14 bits per heavy atom. The second kappa shape index (κ2) is 9.09. The van der Waals surface area contributed by atoms with E-state index in [1.807, 2.05) is 36.0 Å². The maximum absolute atomic E-state index is 14.6. The number of anilines is 1. The topological polar surface area (TPSA) is 73.2 Å². The van der Waals surface area contributed by atoms with Crippen molar-refractivity contribution in [3.05, 3.63) is 88.9 Å². The van der Waals surface area contributed by atoms with E-state index >= 15 is 0 Å². The number of sulfonamides is 1. The van der Waals surface area contributed by atoms with Gasteiger partial charge in [-0.15, -0.1) is 0 Å². The molecule has 0 aliphatic carbocycles. The van der Waals surface area contributed by atoms with Gasteiger partial charge in [-0.25, -0.2) is 12.8 Å². The van der Waals surface area contributed by atoms with Crippen LogP contribution in [0.3, 0.4) is 0 Å². The van der Waals surface area contributed by atoms with E-state index in [1.54, 1.807) is 12.1 Å². The first-order chi connectivity index (χ1) is 17.1. The zero-order valence-electron chi connectivity index (χ0n) is 20.7. The Balaban J connectivity index is 1.82. The summed E-state index contributed by atoms with van der Waals surface area (Å²) in [6, 6.07) is 16.3. The molecule has 0 fully saturated rings. The summed E-state index contributed by atoms with van der Waals surface area (Å²) in [6.07, 6.45) is 3.61. The standard InChI is InChI=1S/C28H28FN3O3S/c1-5-23(18-7-6-8-22(11-18)31-36(4,33)34)28-24-12-19-15-30-32(17(2)3)26(19)13-20(24)16-35-27-10-9-21(29)14-25(27)28/h6-15,17,31H,5,16H2,1-4H3/b28-23-. The van der Waals surface area contributed by atoms with E-state index in [-0.39, 0.29) is 11.9 Å². The molecule has 3 aromatic carbocycles. The first-order valence-corrected chi connectivity index (χ1v) is 13.8. The SMILES string of the molecule is CC/C(=C1\c2cc3cnn(C(C)C)c3cc2COc2ccc(F)cc21)c1cccc(NS(C)(=O)=O)c1. The smallest absolute Gasteiger partial charge is 0.229 e. The zero-order valence-corrected chi connectivity index (χ0v) is 21.5. The fraction of sp³-hybridized carbons (Fsp3) is 0.250. The molecule has 0 saturated heterocycles. The number of ether oxygens (including phenoxy) is 1. The number of allylic oxidation sites excluding steroid dienone is 1. The van der Waals surface area contributed by atoms with Crippen LogP contribution in [-0.4, -0.2) is 24.5 Å². The number of rotatable bonds is 5. The van der Waals surface area contributed by atoms with Crippen LogP contribution in [0.1, 0.15) is 55.5 Å². The second-order valence-electron chi connectivity index (χ2n) is 9.34. The van der Waals surface area contributed by atoms with Crippen molar-refractivity contribution >= 4 is 37.8 Å². The number of fused-ring (bicyclic) bond motifs is 3. The highest BCUT2D eigenvalue weighted by Gasteiger charge is 2.25. The number of halogens is 1. The highest BCUT2D eigenvalue weighted by molar-refractivity contribution is 7.92. The lowest BCUT2D eigenvalue weighted by Crippen LogP contribution is -2.09. The minimum absolute atomic E-state index is 0.199. The molecule has 5 rings (SSSR count). The third-order valence-electron chi connectivity index (χ3n) is 6.34. The van der Waals surface area contributed by atoms with E-state index in [2.05, 4.69) is 35.8 Å².